The summed E-state index contributed by atoms with van der Waals surface area (Å²) in [6.45, 7) is 5.39. The van der Waals surface area contributed by atoms with Gasteiger partial charge in [-0.05, 0) is 69.9 Å². The molecular formula is C38H41FN6O5. The Kier molecular flexibility index (Phi) is 10.1. The van der Waals surface area contributed by atoms with Gasteiger partial charge >= 0.3 is 0 Å². The zero-order chi connectivity index (χ0) is 35.4. The smallest absolute Gasteiger partial charge is 0.254 e. The molecule has 6 rings (SSSR count). The number of oxazole rings is 2. The number of carbonyl (C=O) groups is 2. The van der Waals surface area contributed by atoms with E-state index in [1.165, 1.54) is 32.5 Å². The number of benzene rings is 2. The summed E-state index contributed by atoms with van der Waals surface area (Å²) < 4.78 is 25.9. The quantitative estimate of drug-likeness (QED) is 0.161. The van der Waals surface area contributed by atoms with Crippen LogP contribution in [0.1, 0.15) is 76.2 Å². The Morgan fingerprint density at radius 3 is 2.60 bits per heavy atom. The van der Waals surface area contributed by atoms with Gasteiger partial charge in [0.25, 0.3) is 11.8 Å². The fraction of sp³-hybridized carbons (Fsp3) is 0.342. The zero-order valence-electron chi connectivity index (χ0n) is 28.5. The van der Waals surface area contributed by atoms with Gasteiger partial charge in [0, 0.05) is 48.6 Å². The van der Waals surface area contributed by atoms with Gasteiger partial charge in [-0.15, -0.1) is 0 Å². The maximum Gasteiger partial charge on any atom is 0.254 e. The van der Waals surface area contributed by atoms with Crippen molar-refractivity contribution in [3.05, 3.63) is 120 Å². The van der Waals surface area contributed by atoms with E-state index in [0.29, 0.717) is 42.1 Å². The molecule has 2 amide bonds. The minimum atomic E-state index is -1.59. The normalized spacial score (nSPS) is 15.9. The van der Waals surface area contributed by atoms with E-state index in [0.717, 1.165) is 17.7 Å². The number of nitrogens with one attached hydrogen (secondary N) is 1. The molecule has 0 radical (unpaired) electrons. The summed E-state index contributed by atoms with van der Waals surface area (Å²) in [6, 6.07) is 15.0. The standard InChI is InChI=1S/C38H41FN6O5/c1-24-23-50-36(42-24)32-11-8-13-45(32)37(48)28-17-26(16-27(18-28)35-41-12-14-49-35)34(47)43-31(15-25-9-6-5-7-10-25)33(46)22-44(4)30-19-29(20-40-21-30)38(2,3)39/h5-7,9-10,12,14,16-21,23,31-33,46H,8,11,13,15,22H2,1-4H3,(H,43,47)/t31-,32+,33+/m0/s1. The number of rotatable bonds is 12. The van der Waals surface area contributed by atoms with Crippen LogP contribution in [0.3, 0.4) is 0 Å². The Hall–Kier alpha value is -5.36. The highest BCUT2D eigenvalue weighted by molar-refractivity contribution is 6.01. The molecule has 2 N–H and O–H groups in total. The van der Waals surface area contributed by atoms with Crippen molar-refractivity contribution in [3.8, 4) is 11.5 Å². The van der Waals surface area contributed by atoms with Gasteiger partial charge in [0.1, 0.15) is 24.2 Å². The van der Waals surface area contributed by atoms with Gasteiger partial charge in [-0.3, -0.25) is 14.6 Å². The van der Waals surface area contributed by atoms with Crippen molar-refractivity contribution in [3.63, 3.8) is 0 Å². The Labute approximate surface area is 290 Å². The molecule has 1 aliphatic heterocycles. The van der Waals surface area contributed by atoms with Crippen LogP contribution in [0.15, 0.2) is 94.5 Å². The largest absolute Gasteiger partial charge is 0.446 e. The van der Waals surface area contributed by atoms with Crippen LogP contribution in [0, 0.1) is 6.92 Å². The van der Waals surface area contributed by atoms with Crippen LogP contribution in [0.2, 0.25) is 0 Å². The number of anilines is 1. The molecule has 11 nitrogen and oxygen atoms in total. The molecule has 0 saturated carbocycles. The lowest BCUT2D eigenvalue weighted by Crippen LogP contribution is -2.49. The van der Waals surface area contributed by atoms with Crippen molar-refractivity contribution < 1.29 is 27.9 Å². The van der Waals surface area contributed by atoms with Gasteiger partial charge < -0.3 is 29.1 Å². The third kappa shape index (κ3) is 7.92. The van der Waals surface area contributed by atoms with Crippen LogP contribution in [-0.2, 0) is 12.1 Å². The Balaban J connectivity index is 1.28. The van der Waals surface area contributed by atoms with Crippen molar-refractivity contribution in [1.82, 2.24) is 25.2 Å². The summed E-state index contributed by atoms with van der Waals surface area (Å²) in [4.78, 5) is 44.5. The number of nitrogens with zero attached hydrogens (tertiary/aromatic N) is 5. The number of aliphatic hydroxyl groups excluding tert-OH is 1. The minimum absolute atomic E-state index is 0.117. The number of pyridine rings is 1. The molecule has 5 aromatic rings. The number of likely N-dealkylation sites (N-methyl/N-ethyl adjacent to an activating group) is 1. The summed E-state index contributed by atoms with van der Waals surface area (Å²) >= 11 is 0. The number of amides is 2. The van der Waals surface area contributed by atoms with Crippen LogP contribution in [-0.4, -0.2) is 69.1 Å². The van der Waals surface area contributed by atoms with Gasteiger partial charge in [0.05, 0.1) is 35.9 Å². The predicted octanol–water partition coefficient (Wildman–Crippen LogP) is 6.05. The van der Waals surface area contributed by atoms with E-state index in [4.69, 9.17) is 8.83 Å². The second kappa shape index (κ2) is 14.6. The van der Waals surface area contributed by atoms with Gasteiger partial charge in [0.2, 0.25) is 11.8 Å². The molecule has 0 unspecified atom stereocenters. The van der Waals surface area contributed by atoms with Crippen molar-refractivity contribution in [2.45, 2.75) is 63.9 Å². The minimum Gasteiger partial charge on any atom is -0.446 e. The third-order valence-corrected chi connectivity index (χ3v) is 8.95. The van der Waals surface area contributed by atoms with Crippen LogP contribution < -0.4 is 10.2 Å². The third-order valence-electron chi connectivity index (χ3n) is 8.95. The number of aliphatic hydroxyl groups is 1. The molecule has 0 spiro atoms. The highest BCUT2D eigenvalue weighted by Gasteiger charge is 2.34. The molecule has 2 aromatic carbocycles. The van der Waals surface area contributed by atoms with E-state index < -0.39 is 23.7 Å². The first kappa shape index (κ1) is 34.5. The van der Waals surface area contributed by atoms with E-state index in [-0.39, 0.29) is 35.5 Å². The lowest BCUT2D eigenvalue weighted by molar-refractivity contribution is 0.0715. The highest BCUT2D eigenvalue weighted by Crippen LogP contribution is 2.34. The molecule has 12 heteroatoms. The van der Waals surface area contributed by atoms with E-state index in [2.05, 4.69) is 20.3 Å². The molecular weight excluding hydrogens is 639 g/mol. The van der Waals surface area contributed by atoms with Crippen LogP contribution in [0.4, 0.5) is 10.1 Å². The lowest BCUT2D eigenvalue weighted by atomic mass is 9.98. The Morgan fingerprint density at radius 2 is 1.90 bits per heavy atom. The molecule has 1 aliphatic rings. The summed E-state index contributed by atoms with van der Waals surface area (Å²) in [6.07, 6.45) is 8.34. The maximum atomic E-state index is 14.7. The number of aryl methyl sites for hydroxylation is 1. The van der Waals surface area contributed by atoms with Crippen molar-refractivity contribution >= 4 is 17.5 Å². The van der Waals surface area contributed by atoms with E-state index in [1.807, 2.05) is 37.3 Å². The number of alkyl halides is 1. The highest BCUT2D eigenvalue weighted by atomic mass is 19.1. The maximum absolute atomic E-state index is 14.7. The first-order valence-electron chi connectivity index (χ1n) is 16.6. The second-order valence-corrected chi connectivity index (χ2v) is 13.2. The topological polar surface area (TPSA) is 138 Å². The number of carbonyl (C=O) groups excluding carboxylic acids is 2. The van der Waals surface area contributed by atoms with E-state index in [1.54, 1.807) is 53.6 Å². The number of aromatic nitrogens is 3. The van der Waals surface area contributed by atoms with Crippen LogP contribution in [0.25, 0.3) is 11.5 Å². The summed E-state index contributed by atoms with van der Waals surface area (Å²) in [5.41, 5.74) is 2.03. The molecule has 260 valence electrons. The predicted molar refractivity (Wildman–Crippen MR) is 185 cm³/mol. The molecule has 0 aliphatic carbocycles. The van der Waals surface area contributed by atoms with E-state index >= 15 is 0 Å². The zero-order valence-corrected chi connectivity index (χ0v) is 28.5. The Bertz CT molecular complexity index is 1920. The number of likely N-dealkylation sites (tertiary alicyclic amines) is 1. The summed E-state index contributed by atoms with van der Waals surface area (Å²) in [5.74, 6) is -0.0292. The molecule has 50 heavy (non-hydrogen) atoms. The average Bonchev–Trinajstić information content (AvgIpc) is 3.90. The summed E-state index contributed by atoms with van der Waals surface area (Å²) in [5, 5.41) is 14.6. The molecule has 0 bridgehead atoms. The van der Waals surface area contributed by atoms with Gasteiger partial charge in [-0.1, -0.05) is 30.3 Å². The average molecular weight is 681 g/mol. The Morgan fingerprint density at radius 1 is 1.12 bits per heavy atom. The monoisotopic (exact) mass is 680 g/mol. The van der Waals surface area contributed by atoms with Gasteiger partial charge in [0.15, 0.2) is 0 Å². The van der Waals surface area contributed by atoms with Crippen molar-refractivity contribution in [1.29, 1.82) is 0 Å². The molecule has 3 aromatic heterocycles. The first-order chi connectivity index (χ1) is 24.0. The first-order valence-corrected chi connectivity index (χ1v) is 16.6. The summed E-state index contributed by atoms with van der Waals surface area (Å²) in [7, 11) is 1.78. The number of halogens is 1. The molecule has 3 atom stereocenters. The van der Waals surface area contributed by atoms with Crippen LogP contribution in [0.5, 0.6) is 0 Å². The SMILES string of the molecule is Cc1coc([C@H]2CCCN2C(=O)c2cc(C(=O)N[C@@H](Cc3ccccc3)[C@H](O)CN(C)c3cncc(C(C)(C)F)c3)cc(-c3ncco3)c2)n1. The number of hydrogen-bond donors (Lipinski definition) is 2. The van der Waals surface area contributed by atoms with Gasteiger partial charge in [-0.25, -0.2) is 14.4 Å². The van der Waals surface area contributed by atoms with Crippen LogP contribution >= 0.6 is 0 Å². The van der Waals surface area contributed by atoms with Crippen molar-refractivity contribution in [2.75, 3.05) is 25.0 Å². The van der Waals surface area contributed by atoms with Crippen molar-refractivity contribution in [2.24, 2.45) is 0 Å². The van der Waals surface area contributed by atoms with Gasteiger partial charge in [-0.2, -0.15) is 0 Å². The number of hydrogen-bond acceptors (Lipinski definition) is 9. The van der Waals surface area contributed by atoms with E-state index in [9.17, 15) is 19.1 Å². The lowest BCUT2D eigenvalue weighted by Gasteiger charge is -2.30. The fourth-order valence-electron chi connectivity index (χ4n) is 6.21. The molecule has 1 fully saturated rings. The second-order valence-electron chi connectivity index (χ2n) is 13.2. The fourth-order valence-corrected chi connectivity index (χ4v) is 6.21. The molecule has 4 heterocycles. The molecule has 1 saturated heterocycles.